The molecule has 1 heterocycles. The molecule has 0 aliphatic heterocycles. The number of carbonyl (C=O) groups excluding carboxylic acids is 3. The van der Waals surface area contributed by atoms with Gasteiger partial charge in [0.1, 0.15) is 23.8 Å². The van der Waals surface area contributed by atoms with E-state index in [0.717, 1.165) is 43.4 Å². The van der Waals surface area contributed by atoms with Gasteiger partial charge in [-0.2, -0.15) is 4.99 Å². The minimum Gasteiger partial charge on any atom is -0.497 e. The predicted octanol–water partition coefficient (Wildman–Crippen LogP) is 1.57. The van der Waals surface area contributed by atoms with E-state index in [1.807, 2.05) is 0 Å². The van der Waals surface area contributed by atoms with E-state index in [0.29, 0.717) is 16.0 Å². The topological polar surface area (TPSA) is 133 Å². The Morgan fingerprint density at radius 3 is 2.59 bits per heavy atom. The van der Waals surface area contributed by atoms with Crippen LogP contribution in [0, 0.1) is 0 Å². The van der Waals surface area contributed by atoms with Gasteiger partial charge in [0, 0.05) is 6.04 Å². The molecule has 1 fully saturated rings. The molecule has 0 unspecified atom stereocenters. The van der Waals surface area contributed by atoms with Crippen molar-refractivity contribution in [2.45, 2.75) is 51.6 Å². The van der Waals surface area contributed by atoms with Crippen molar-refractivity contribution in [1.82, 2.24) is 9.88 Å². The number of aromatic nitrogens is 1. The Kier molecular flexibility index (Phi) is 8.84. The minimum atomic E-state index is -4.01. The largest absolute Gasteiger partial charge is 0.497 e. The first-order chi connectivity index (χ1) is 16.2. The van der Waals surface area contributed by atoms with Gasteiger partial charge in [0.25, 0.3) is 5.91 Å². The Morgan fingerprint density at radius 1 is 1.18 bits per heavy atom. The van der Waals surface area contributed by atoms with Gasteiger partial charge < -0.3 is 19.4 Å². The highest BCUT2D eigenvalue weighted by atomic mass is 32.2. The zero-order chi connectivity index (χ0) is 24.7. The summed E-state index contributed by atoms with van der Waals surface area (Å²) >= 11 is 1.12. The second-order valence-corrected chi connectivity index (χ2v) is 11.1. The van der Waals surface area contributed by atoms with Gasteiger partial charge in [0.05, 0.1) is 23.9 Å². The van der Waals surface area contributed by atoms with Crippen molar-refractivity contribution in [2.24, 2.45) is 4.99 Å². The maximum absolute atomic E-state index is 12.5. The lowest BCUT2D eigenvalue weighted by Crippen LogP contribution is -2.40. The van der Waals surface area contributed by atoms with Crippen LogP contribution >= 0.6 is 11.3 Å². The summed E-state index contributed by atoms with van der Waals surface area (Å²) in [4.78, 5) is 40.9. The Bertz CT molecular complexity index is 1220. The van der Waals surface area contributed by atoms with E-state index < -0.39 is 39.1 Å². The molecule has 1 N–H and O–H groups in total. The van der Waals surface area contributed by atoms with Crippen molar-refractivity contribution in [1.29, 1.82) is 0 Å². The number of amides is 2. The molecule has 0 bridgehead atoms. The van der Waals surface area contributed by atoms with Crippen LogP contribution in [0.25, 0.3) is 10.2 Å². The number of esters is 1. The van der Waals surface area contributed by atoms with Crippen LogP contribution in [0.15, 0.2) is 23.2 Å². The summed E-state index contributed by atoms with van der Waals surface area (Å²) in [5, 5.41) is 2.74. The van der Waals surface area contributed by atoms with Gasteiger partial charge >= 0.3 is 5.97 Å². The molecule has 2 amide bonds. The Morgan fingerprint density at radius 2 is 1.91 bits per heavy atom. The van der Waals surface area contributed by atoms with Crippen LogP contribution in [0.4, 0.5) is 0 Å². The number of rotatable bonds is 9. The van der Waals surface area contributed by atoms with E-state index in [4.69, 9.17) is 9.47 Å². The van der Waals surface area contributed by atoms with Gasteiger partial charge in [0.15, 0.2) is 14.6 Å². The number of ether oxygens (including phenoxy) is 2. The van der Waals surface area contributed by atoms with Crippen LogP contribution in [-0.4, -0.2) is 62.0 Å². The molecule has 10 nitrogen and oxygen atoms in total. The molecule has 1 aromatic carbocycles. The van der Waals surface area contributed by atoms with Crippen LogP contribution in [0.2, 0.25) is 0 Å². The number of thiazole rings is 1. The van der Waals surface area contributed by atoms with Gasteiger partial charge in [-0.25, -0.2) is 8.42 Å². The number of carbonyl (C=O) groups is 3. The van der Waals surface area contributed by atoms with Crippen molar-refractivity contribution in [2.75, 3.05) is 25.2 Å². The number of benzene rings is 1. The summed E-state index contributed by atoms with van der Waals surface area (Å²) in [6, 6.07) is 5.14. The smallest absolute Gasteiger partial charge is 0.326 e. The van der Waals surface area contributed by atoms with E-state index in [9.17, 15) is 22.8 Å². The maximum atomic E-state index is 12.5. The Labute approximate surface area is 201 Å². The molecule has 0 radical (unpaired) electrons. The first-order valence-electron chi connectivity index (χ1n) is 11.1. The predicted molar refractivity (Wildman–Crippen MR) is 127 cm³/mol. The summed E-state index contributed by atoms with van der Waals surface area (Å²) in [6.45, 7) is 1.69. The summed E-state index contributed by atoms with van der Waals surface area (Å²) in [5.41, 5.74) is 0.625. The van der Waals surface area contributed by atoms with Crippen LogP contribution < -0.4 is 14.9 Å². The molecular formula is C22H29N3O7S2. The first kappa shape index (κ1) is 25.9. The molecule has 1 aliphatic rings. The normalized spacial score (nSPS) is 15.3. The molecule has 0 spiro atoms. The lowest BCUT2D eigenvalue weighted by atomic mass is 9.95. The molecule has 3 rings (SSSR count). The lowest BCUT2D eigenvalue weighted by molar-refractivity contribution is -0.143. The highest BCUT2D eigenvalue weighted by Gasteiger charge is 2.23. The Hall–Kier alpha value is -2.73. The number of hydrogen-bond acceptors (Lipinski definition) is 8. The average molecular weight is 512 g/mol. The summed E-state index contributed by atoms with van der Waals surface area (Å²) < 4.78 is 37.3. The van der Waals surface area contributed by atoms with E-state index in [-0.39, 0.29) is 24.0 Å². The second kappa shape index (κ2) is 11.6. The molecule has 186 valence electrons. The summed E-state index contributed by atoms with van der Waals surface area (Å²) in [5.74, 6) is -3.12. The van der Waals surface area contributed by atoms with E-state index >= 15 is 0 Å². The van der Waals surface area contributed by atoms with E-state index in [1.54, 1.807) is 25.1 Å². The molecule has 12 heteroatoms. The van der Waals surface area contributed by atoms with E-state index in [2.05, 4.69) is 10.3 Å². The SMILES string of the molecule is CCOC(=O)Cn1c(=NC(=O)CS(=O)(=O)CC(=O)NC2CCCCC2)sc2cc(OC)ccc21. The number of nitrogens with one attached hydrogen (secondary N) is 1. The zero-order valence-electron chi connectivity index (χ0n) is 19.2. The van der Waals surface area contributed by atoms with Gasteiger partial charge in [0.2, 0.25) is 5.91 Å². The highest BCUT2D eigenvalue weighted by molar-refractivity contribution is 7.92. The molecule has 1 saturated carbocycles. The molecule has 0 atom stereocenters. The number of fused-ring (bicyclic) bond motifs is 1. The van der Waals surface area contributed by atoms with Gasteiger partial charge in [-0.15, -0.1) is 0 Å². The van der Waals surface area contributed by atoms with Crippen molar-refractivity contribution in [3.8, 4) is 5.75 Å². The third-order valence-electron chi connectivity index (χ3n) is 5.37. The van der Waals surface area contributed by atoms with Gasteiger partial charge in [-0.1, -0.05) is 30.6 Å². The quantitative estimate of drug-likeness (QED) is 0.505. The second-order valence-electron chi connectivity index (χ2n) is 8.05. The van der Waals surface area contributed by atoms with Crippen molar-refractivity contribution in [3.63, 3.8) is 0 Å². The molecule has 0 saturated heterocycles. The van der Waals surface area contributed by atoms with Gasteiger partial charge in [-0.3, -0.25) is 14.4 Å². The fourth-order valence-corrected chi connectivity index (χ4v) is 5.95. The third-order valence-corrected chi connectivity index (χ3v) is 7.80. The molecular weight excluding hydrogens is 482 g/mol. The number of methoxy groups -OCH3 is 1. The van der Waals surface area contributed by atoms with E-state index in [1.165, 1.54) is 11.7 Å². The third kappa shape index (κ3) is 7.13. The van der Waals surface area contributed by atoms with Crippen LogP contribution in [0.5, 0.6) is 5.75 Å². The highest BCUT2D eigenvalue weighted by Crippen LogP contribution is 2.23. The van der Waals surface area contributed by atoms with Gasteiger partial charge in [-0.05, 0) is 38.0 Å². The molecule has 34 heavy (non-hydrogen) atoms. The summed E-state index contributed by atoms with van der Waals surface area (Å²) in [6.07, 6.45) is 4.78. The fourth-order valence-electron chi connectivity index (χ4n) is 3.85. The van der Waals surface area contributed by atoms with Crippen LogP contribution in [0.1, 0.15) is 39.0 Å². The number of sulfone groups is 1. The lowest BCUT2D eigenvalue weighted by Gasteiger charge is -2.22. The Balaban J connectivity index is 1.79. The monoisotopic (exact) mass is 511 g/mol. The maximum Gasteiger partial charge on any atom is 0.326 e. The number of nitrogens with zero attached hydrogens (tertiary/aromatic N) is 2. The van der Waals surface area contributed by atoms with Crippen molar-refractivity contribution < 1.29 is 32.3 Å². The zero-order valence-corrected chi connectivity index (χ0v) is 20.9. The van der Waals surface area contributed by atoms with Crippen LogP contribution in [-0.2, 0) is 35.5 Å². The van der Waals surface area contributed by atoms with Crippen LogP contribution in [0.3, 0.4) is 0 Å². The molecule has 1 aliphatic carbocycles. The first-order valence-corrected chi connectivity index (χ1v) is 13.7. The average Bonchev–Trinajstić information content (AvgIpc) is 3.09. The number of hydrogen-bond donors (Lipinski definition) is 1. The molecule has 1 aromatic heterocycles. The fraction of sp³-hybridized carbons (Fsp3) is 0.545. The minimum absolute atomic E-state index is 0.0192. The molecule has 2 aromatic rings. The standard InChI is InChI=1S/C22H29N3O7S2/c1-3-32-21(28)12-25-17-10-9-16(31-2)11-18(17)33-22(25)24-20(27)14-34(29,30)13-19(26)23-15-7-5-4-6-8-15/h9-11,15H,3-8,12-14H2,1-2H3,(H,23,26). The van der Waals surface area contributed by atoms with Crippen molar-refractivity contribution in [3.05, 3.63) is 23.0 Å². The van der Waals surface area contributed by atoms with Crippen molar-refractivity contribution >= 4 is 49.2 Å². The summed E-state index contributed by atoms with van der Waals surface area (Å²) in [7, 11) is -2.49.